The molecule has 0 spiro atoms. The van der Waals surface area contributed by atoms with Crippen LogP contribution in [0.5, 0.6) is 5.75 Å². The molecule has 2 rings (SSSR count). The van der Waals surface area contributed by atoms with E-state index in [1.54, 1.807) is 12.1 Å². The van der Waals surface area contributed by atoms with Gasteiger partial charge in [0.15, 0.2) is 0 Å². The van der Waals surface area contributed by atoms with Crippen molar-refractivity contribution in [2.24, 2.45) is 5.92 Å². The summed E-state index contributed by atoms with van der Waals surface area (Å²) in [6, 6.07) is 6.78. The number of carboxylic acid groups (broad SMARTS) is 1. The molecule has 5 nitrogen and oxygen atoms in total. The van der Waals surface area contributed by atoms with Gasteiger partial charge in [-0.3, -0.25) is 0 Å². The van der Waals surface area contributed by atoms with Gasteiger partial charge >= 0.3 is 5.97 Å². The van der Waals surface area contributed by atoms with E-state index in [1.807, 2.05) is 19.9 Å². The van der Waals surface area contributed by atoms with Crippen molar-refractivity contribution >= 4 is 17.3 Å². The Balaban J connectivity index is 2.46. The predicted octanol–water partition coefficient (Wildman–Crippen LogP) is 3.72. The lowest BCUT2D eigenvalue weighted by Crippen LogP contribution is -2.05. The first kappa shape index (κ1) is 12.2. The Kier molecular flexibility index (Phi) is 3.65. The van der Waals surface area contributed by atoms with Crippen molar-refractivity contribution in [1.82, 2.24) is 4.98 Å². The molecule has 0 radical (unpaired) electrons. The molecule has 0 aliphatic carbocycles. The zero-order valence-corrected chi connectivity index (χ0v) is 12.9. The highest BCUT2D eigenvalue weighted by atomic mass is 32.1. The number of rotatable bonds is 5. The fraction of sp³-hybridized carbons (Fsp3) is 0.312. The summed E-state index contributed by atoms with van der Waals surface area (Å²) in [5, 5.41) is 18.7. The highest BCUT2D eigenvalue weighted by molar-refractivity contribution is 7.17. The van der Waals surface area contributed by atoms with Crippen molar-refractivity contribution in [2.45, 2.75) is 20.7 Å². The minimum Gasteiger partial charge on any atom is -0.492 e. The van der Waals surface area contributed by atoms with Crippen LogP contribution < -0.4 is 4.74 Å². The maximum absolute atomic E-state index is 11.3. The first-order valence-corrected chi connectivity index (χ1v) is 7.37. The highest BCUT2D eigenvalue weighted by Crippen LogP contribution is 2.31. The van der Waals surface area contributed by atoms with Crippen LogP contribution in [0.3, 0.4) is 0 Å². The zero-order valence-electron chi connectivity index (χ0n) is 15.1. The Labute approximate surface area is 137 Å². The molecule has 6 heteroatoms. The van der Waals surface area contributed by atoms with E-state index < -0.39 is 18.5 Å². The average Bonchev–Trinajstić information content (AvgIpc) is 2.98. The Morgan fingerprint density at radius 2 is 2.36 bits per heavy atom. The van der Waals surface area contributed by atoms with Crippen LogP contribution in [-0.4, -0.2) is 22.7 Å². The molecular weight excluding hydrogens is 300 g/mol. The first-order chi connectivity index (χ1) is 11.6. The van der Waals surface area contributed by atoms with E-state index in [-0.39, 0.29) is 15.4 Å². The van der Waals surface area contributed by atoms with Crippen LogP contribution in [0.4, 0.5) is 0 Å². The number of hydrogen-bond donors (Lipinski definition) is 1. The summed E-state index contributed by atoms with van der Waals surface area (Å²) < 4.78 is 27.9. The molecule has 1 aromatic carbocycles. The number of aryl methyl sites for hydroxylation is 1. The van der Waals surface area contributed by atoms with Crippen molar-refractivity contribution in [3.05, 3.63) is 34.3 Å². The van der Waals surface area contributed by atoms with Crippen LogP contribution in [0.2, 0.25) is 0 Å². The second-order valence-electron chi connectivity index (χ2n) is 5.03. The number of hydrogen-bond acceptors (Lipinski definition) is 5. The number of nitriles is 1. The number of benzene rings is 1. The van der Waals surface area contributed by atoms with Gasteiger partial charge in [-0.2, -0.15) is 5.26 Å². The number of thiazole rings is 1. The van der Waals surface area contributed by atoms with E-state index in [4.69, 9.17) is 8.85 Å². The van der Waals surface area contributed by atoms with Gasteiger partial charge < -0.3 is 9.84 Å². The summed E-state index contributed by atoms with van der Waals surface area (Å²) >= 11 is 0.770. The highest BCUT2D eigenvalue weighted by Gasteiger charge is 2.16. The van der Waals surface area contributed by atoms with Crippen molar-refractivity contribution in [1.29, 1.82) is 5.26 Å². The average molecular weight is 319 g/mol. The molecule has 0 saturated carbocycles. The Morgan fingerprint density at radius 1 is 1.59 bits per heavy atom. The van der Waals surface area contributed by atoms with Crippen molar-refractivity contribution < 1.29 is 18.8 Å². The van der Waals surface area contributed by atoms with Gasteiger partial charge in [0.2, 0.25) is 0 Å². The molecule has 0 saturated heterocycles. The topological polar surface area (TPSA) is 83.2 Å². The monoisotopic (exact) mass is 319 g/mol. The van der Waals surface area contributed by atoms with Crippen molar-refractivity contribution in [3.8, 4) is 22.4 Å². The minimum absolute atomic E-state index is 0.232. The van der Waals surface area contributed by atoms with Crippen molar-refractivity contribution in [3.63, 3.8) is 0 Å². The van der Waals surface area contributed by atoms with Gasteiger partial charge in [-0.1, -0.05) is 13.8 Å². The third kappa shape index (κ3) is 3.43. The first-order valence-electron chi connectivity index (χ1n) is 8.05. The molecule has 0 unspecified atom stereocenters. The predicted molar refractivity (Wildman–Crippen MR) is 84.3 cm³/mol. The van der Waals surface area contributed by atoms with E-state index in [0.717, 1.165) is 11.3 Å². The lowest BCUT2D eigenvalue weighted by molar-refractivity contribution is 0.0701. The van der Waals surface area contributed by atoms with Gasteiger partial charge in [-0.05, 0) is 31.0 Å². The molecule has 114 valence electrons. The fourth-order valence-electron chi connectivity index (χ4n) is 1.72. The Bertz CT molecular complexity index is 838. The van der Waals surface area contributed by atoms with Gasteiger partial charge in [0.25, 0.3) is 0 Å². The molecule has 22 heavy (non-hydrogen) atoms. The van der Waals surface area contributed by atoms with E-state index in [1.165, 1.54) is 6.07 Å². The second-order valence-corrected chi connectivity index (χ2v) is 6.03. The lowest BCUT2D eigenvalue weighted by atomic mass is 10.1. The number of aromatic carboxylic acids is 1. The van der Waals surface area contributed by atoms with Crippen LogP contribution in [0.15, 0.2) is 18.2 Å². The molecule has 0 aliphatic heterocycles. The van der Waals surface area contributed by atoms with Crippen LogP contribution >= 0.6 is 11.3 Å². The Hall–Kier alpha value is -2.39. The third-order valence-corrected chi connectivity index (χ3v) is 3.83. The summed E-state index contributed by atoms with van der Waals surface area (Å²) in [4.78, 5) is 14.9. The van der Waals surface area contributed by atoms with E-state index in [9.17, 15) is 15.2 Å². The summed E-state index contributed by atoms with van der Waals surface area (Å²) in [6.07, 6.45) is 0. The van der Waals surface area contributed by atoms with Gasteiger partial charge in [0.1, 0.15) is 21.7 Å². The van der Waals surface area contributed by atoms with E-state index in [2.05, 4.69) is 4.98 Å². The maximum atomic E-state index is 11.3. The molecule has 0 amide bonds. The smallest absolute Gasteiger partial charge is 0.347 e. The number of carboxylic acids is 1. The normalized spacial score (nSPS) is 13.1. The van der Waals surface area contributed by atoms with Gasteiger partial charge in [0, 0.05) is 9.68 Å². The van der Waals surface area contributed by atoms with E-state index >= 15 is 0 Å². The SMILES string of the molecule is [2H]C([2H])([2H])c1nc(-c2ccc(OCC(C)C)c(C#N)c2)sc1C(=O)O. The van der Waals surface area contributed by atoms with Crippen LogP contribution in [0, 0.1) is 24.1 Å². The number of nitrogens with zero attached hydrogens (tertiary/aromatic N) is 2. The molecule has 1 aromatic heterocycles. The largest absolute Gasteiger partial charge is 0.492 e. The molecule has 0 fully saturated rings. The van der Waals surface area contributed by atoms with E-state index in [0.29, 0.717) is 23.8 Å². The second kappa shape index (κ2) is 6.58. The quantitative estimate of drug-likeness (QED) is 0.908. The zero-order chi connectivity index (χ0) is 18.8. The Morgan fingerprint density at radius 3 is 2.91 bits per heavy atom. The van der Waals surface area contributed by atoms with Crippen molar-refractivity contribution in [2.75, 3.05) is 6.61 Å². The number of ether oxygens (including phenoxy) is 1. The van der Waals surface area contributed by atoms with Crippen LogP contribution in [-0.2, 0) is 0 Å². The number of aromatic nitrogens is 1. The van der Waals surface area contributed by atoms with Crippen LogP contribution in [0.25, 0.3) is 10.6 Å². The number of carbonyl (C=O) groups is 1. The molecular formula is C16H16N2O3S. The standard InChI is InChI=1S/C16H16N2O3S/c1-9(2)8-21-13-5-4-11(6-12(13)7-17)15-18-10(3)14(22-15)16(19)20/h4-6,9H,8H2,1-3H3,(H,19,20)/i3D3. The van der Waals surface area contributed by atoms with Gasteiger partial charge in [-0.15, -0.1) is 11.3 Å². The minimum atomic E-state index is -2.62. The third-order valence-electron chi connectivity index (χ3n) is 2.74. The lowest BCUT2D eigenvalue weighted by Gasteiger charge is -2.10. The molecule has 1 heterocycles. The molecule has 1 N–H and O–H groups in total. The summed E-state index contributed by atoms with van der Waals surface area (Å²) in [5.41, 5.74) is 0.302. The van der Waals surface area contributed by atoms with Gasteiger partial charge in [-0.25, -0.2) is 9.78 Å². The molecule has 2 aromatic rings. The summed E-state index contributed by atoms with van der Waals surface area (Å²) in [7, 11) is 0. The summed E-state index contributed by atoms with van der Waals surface area (Å²) in [5.74, 6) is -0.622. The maximum Gasteiger partial charge on any atom is 0.347 e. The molecule has 0 bridgehead atoms. The molecule has 0 atom stereocenters. The molecule has 0 aliphatic rings. The fourth-order valence-corrected chi connectivity index (χ4v) is 2.53. The van der Waals surface area contributed by atoms with Crippen LogP contribution in [0.1, 0.15) is 38.9 Å². The summed E-state index contributed by atoms with van der Waals surface area (Å²) in [6.45, 7) is 1.80. The van der Waals surface area contributed by atoms with Gasteiger partial charge in [0.05, 0.1) is 17.9 Å².